The highest BCUT2D eigenvalue weighted by Crippen LogP contribution is 2.26. The molecule has 7 heteroatoms. The smallest absolute Gasteiger partial charge is 0.228 e. The molecule has 134 valence electrons. The first kappa shape index (κ1) is 20.4. The number of anilines is 2. The standard InChI is InChI=1S/C17H24FN3O2.ClH/c1-11(10-19)16(22)20-13-7-8-14(18)15(9-13)21-17(23)12-5-3-2-4-6-12;/h7-9,11-12H,2-6,10,19H2,1H3,(H,20,22)(H,21,23);1H. The topological polar surface area (TPSA) is 84.2 Å². The molecule has 1 unspecified atom stereocenters. The zero-order chi connectivity index (χ0) is 16.8. The lowest BCUT2D eigenvalue weighted by atomic mass is 9.88. The Morgan fingerprint density at radius 2 is 1.92 bits per heavy atom. The van der Waals surface area contributed by atoms with E-state index in [1.807, 2.05) is 0 Å². The number of halogens is 2. The van der Waals surface area contributed by atoms with Crippen LogP contribution in [-0.2, 0) is 9.59 Å². The first-order chi connectivity index (χ1) is 11.0. The van der Waals surface area contributed by atoms with Crippen LogP contribution in [0.4, 0.5) is 15.8 Å². The van der Waals surface area contributed by atoms with Crippen LogP contribution in [0, 0.1) is 17.7 Å². The van der Waals surface area contributed by atoms with Crippen molar-refractivity contribution in [3.05, 3.63) is 24.0 Å². The van der Waals surface area contributed by atoms with Crippen LogP contribution < -0.4 is 16.4 Å². The fraction of sp³-hybridized carbons (Fsp3) is 0.529. The second kappa shape index (κ2) is 9.59. The lowest BCUT2D eigenvalue weighted by Crippen LogP contribution is -2.27. The SMILES string of the molecule is CC(CN)C(=O)Nc1ccc(F)c(NC(=O)C2CCCCC2)c1.Cl. The molecule has 1 aliphatic rings. The van der Waals surface area contributed by atoms with Gasteiger partial charge in [0.15, 0.2) is 0 Å². The third kappa shape index (κ3) is 5.46. The molecule has 0 heterocycles. The van der Waals surface area contributed by atoms with Gasteiger partial charge < -0.3 is 16.4 Å². The molecular weight excluding hydrogens is 333 g/mol. The van der Waals surface area contributed by atoms with Gasteiger partial charge >= 0.3 is 0 Å². The molecule has 0 radical (unpaired) electrons. The van der Waals surface area contributed by atoms with Crippen molar-refractivity contribution in [3.8, 4) is 0 Å². The maximum Gasteiger partial charge on any atom is 0.228 e. The van der Waals surface area contributed by atoms with Crippen molar-refractivity contribution in [2.75, 3.05) is 17.2 Å². The fourth-order valence-corrected chi connectivity index (χ4v) is 2.67. The van der Waals surface area contributed by atoms with Gasteiger partial charge in [-0.15, -0.1) is 12.4 Å². The first-order valence-electron chi connectivity index (χ1n) is 8.12. The van der Waals surface area contributed by atoms with Crippen molar-refractivity contribution in [2.24, 2.45) is 17.6 Å². The molecule has 0 saturated heterocycles. The van der Waals surface area contributed by atoms with Crippen molar-refractivity contribution in [1.29, 1.82) is 0 Å². The quantitative estimate of drug-likeness (QED) is 0.755. The van der Waals surface area contributed by atoms with E-state index in [9.17, 15) is 14.0 Å². The zero-order valence-electron chi connectivity index (χ0n) is 13.8. The van der Waals surface area contributed by atoms with E-state index in [4.69, 9.17) is 5.73 Å². The summed E-state index contributed by atoms with van der Waals surface area (Å²) in [6.07, 6.45) is 4.91. The van der Waals surface area contributed by atoms with Crippen molar-refractivity contribution in [2.45, 2.75) is 39.0 Å². The van der Waals surface area contributed by atoms with Crippen molar-refractivity contribution in [3.63, 3.8) is 0 Å². The maximum atomic E-state index is 13.9. The van der Waals surface area contributed by atoms with Crippen LogP contribution in [0.5, 0.6) is 0 Å². The molecule has 0 spiro atoms. The van der Waals surface area contributed by atoms with Gasteiger partial charge in [-0.25, -0.2) is 4.39 Å². The number of rotatable bonds is 5. The van der Waals surface area contributed by atoms with Crippen molar-refractivity contribution < 1.29 is 14.0 Å². The monoisotopic (exact) mass is 357 g/mol. The molecule has 2 rings (SSSR count). The van der Waals surface area contributed by atoms with Crippen LogP contribution in [0.1, 0.15) is 39.0 Å². The molecule has 1 aromatic rings. The Morgan fingerprint density at radius 3 is 2.54 bits per heavy atom. The Kier molecular flexibility index (Phi) is 8.15. The summed E-state index contributed by atoms with van der Waals surface area (Å²) in [6.45, 7) is 1.95. The summed E-state index contributed by atoms with van der Waals surface area (Å²) in [5.74, 6) is -1.29. The Hall–Kier alpha value is -1.66. The number of nitrogens with one attached hydrogen (secondary N) is 2. The van der Waals surface area contributed by atoms with Crippen molar-refractivity contribution in [1.82, 2.24) is 0 Å². The predicted molar refractivity (Wildman–Crippen MR) is 95.7 cm³/mol. The van der Waals surface area contributed by atoms with E-state index in [0.717, 1.165) is 32.1 Å². The highest BCUT2D eigenvalue weighted by Gasteiger charge is 2.22. The van der Waals surface area contributed by atoms with Crippen LogP contribution in [0.2, 0.25) is 0 Å². The third-order valence-electron chi connectivity index (χ3n) is 4.27. The normalized spacial score (nSPS) is 16.0. The molecule has 2 amide bonds. The van der Waals surface area contributed by atoms with Gasteiger partial charge in [0.1, 0.15) is 5.82 Å². The number of carbonyl (C=O) groups is 2. The Labute approximate surface area is 148 Å². The Bertz CT molecular complexity index is 577. The number of amides is 2. The average Bonchev–Trinajstić information content (AvgIpc) is 2.57. The van der Waals surface area contributed by atoms with E-state index >= 15 is 0 Å². The molecule has 5 nitrogen and oxygen atoms in total. The van der Waals surface area contributed by atoms with Crippen molar-refractivity contribution >= 4 is 35.6 Å². The highest BCUT2D eigenvalue weighted by molar-refractivity contribution is 5.95. The van der Waals surface area contributed by atoms with E-state index in [1.54, 1.807) is 6.92 Å². The lowest BCUT2D eigenvalue weighted by molar-refractivity contribution is -0.121. The third-order valence-corrected chi connectivity index (χ3v) is 4.27. The largest absolute Gasteiger partial charge is 0.330 e. The second-order valence-electron chi connectivity index (χ2n) is 6.14. The minimum absolute atomic E-state index is 0. The zero-order valence-corrected chi connectivity index (χ0v) is 14.6. The summed E-state index contributed by atoms with van der Waals surface area (Å²) in [4.78, 5) is 24.1. The molecule has 0 bridgehead atoms. The molecule has 1 aromatic carbocycles. The van der Waals surface area contributed by atoms with E-state index in [-0.39, 0.29) is 48.3 Å². The molecule has 1 aliphatic carbocycles. The highest BCUT2D eigenvalue weighted by atomic mass is 35.5. The van der Waals surface area contributed by atoms with Crippen LogP contribution in [0.25, 0.3) is 0 Å². The maximum absolute atomic E-state index is 13.9. The van der Waals surface area contributed by atoms with Gasteiger partial charge in [-0.1, -0.05) is 26.2 Å². The summed E-state index contributed by atoms with van der Waals surface area (Å²) < 4.78 is 13.9. The van der Waals surface area contributed by atoms with Crippen LogP contribution in [0.15, 0.2) is 18.2 Å². The number of hydrogen-bond acceptors (Lipinski definition) is 3. The van der Waals surface area contributed by atoms with Gasteiger partial charge in [-0.3, -0.25) is 9.59 Å². The molecular formula is C17H25ClFN3O2. The molecule has 24 heavy (non-hydrogen) atoms. The second-order valence-corrected chi connectivity index (χ2v) is 6.14. The molecule has 4 N–H and O–H groups in total. The minimum Gasteiger partial charge on any atom is -0.330 e. The fourth-order valence-electron chi connectivity index (χ4n) is 2.67. The van der Waals surface area contributed by atoms with Gasteiger partial charge in [0.25, 0.3) is 0 Å². The Morgan fingerprint density at radius 1 is 1.25 bits per heavy atom. The van der Waals surface area contributed by atoms with Gasteiger partial charge in [-0.05, 0) is 31.0 Å². The predicted octanol–water partition coefficient (Wildman–Crippen LogP) is 3.30. The van der Waals surface area contributed by atoms with Gasteiger partial charge in [-0.2, -0.15) is 0 Å². The summed E-state index contributed by atoms with van der Waals surface area (Å²) in [6, 6.07) is 4.14. The first-order valence-corrected chi connectivity index (χ1v) is 8.12. The summed E-state index contributed by atoms with van der Waals surface area (Å²) >= 11 is 0. The van der Waals surface area contributed by atoms with E-state index in [2.05, 4.69) is 10.6 Å². The van der Waals surface area contributed by atoms with Gasteiger partial charge in [0.05, 0.1) is 5.69 Å². The Balaban J connectivity index is 0.00000288. The molecule has 0 aromatic heterocycles. The molecule has 1 fully saturated rings. The van der Waals surface area contributed by atoms with E-state index < -0.39 is 5.82 Å². The minimum atomic E-state index is -0.515. The number of hydrogen-bond donors (Lipinski definition) is 3. The van der Waals surface area contributed by atoms with Crippen LogP contribution >= 0.6 is 12.4 Å². The summed E-state index contributed by atoms with van der Waals surface area (Å²) in [7, 11) is 0. The summed E-state index contributed by atoms with van der Waals surface area (Å²) in [5, 5.41) is 5.32. The van der Waals surface area contributed by atoms with Gasteiger partial charge in [0, 0.05) is 24.1 Å². The number of carbonyl (C=O) groups excluding carboxylic acids is 2. The average molecular weight is 358 g/mol. The van der Waals surface area contributed by atoms with Gasteiger partial charge in [0.2, 0.25) is 11.8 Å². The lowest BCUT2D eigenvalue weighted by Gasteiger charge is -2.21. The van der Waals surface area contributed by atoms with Crippen LogP contribution in [-0.4, -0.2) is 18.4 Å². The number of benzene rings is 1. The molecule has 0 aliphatic heterocycles. The summed E-state index contributed by atoms with van der Waals surface area (Å²) in [5.41, 5.74) is 5.99. The van der Waals surface area contributed by atoms with Crippen LogP contribution in [0.3, 0.4) is 0 Å². The molecule has 1 saturated carbocycles. The van der Waals surface area contributed by atoms with E-state index in [1.165, 1.54) is 18.2 Å². The number of nitrogens with two attached hydrogens (primary N) is 1. The van der Waals surface area contributed by atoms with E-state index in [0.29, 0.717) is 5.69 Å². The molecule has 1 atom stereocenters.